The summed E-state index contributed by atoms with van der Waals surface area (Å²) in [6.07, 6.45) is 7.24. The average molecular weight is 328 g/mol. The van der Waals surface area contributed by atoms with Gasteiger partial charge in [-0.1, -0.05) is 13.3 Å². The lowest BCUT2D eigenvalue weighted by molar-refractivity contribution is -0.116. The number of carbonyl (C=O) groups is 1. The Labute approximate surface area is 143 Å². The summed E-state index contributed by atoms with van der Waals surface area (Å²) in [5.41, 5.74) is 2.81. The lowest BCUT2D eigenvalue weighted by Crippen LogP contribution is -2.28. The Balaban J connectivity index is 1.54. The topological polar surface area (TPSA) is 69.8 Å². The van der Waals surface area contributed by atoms with Gasteiger partial charge in [0, 0.05) is 18.5 Å². The van der Waals surface area contributed by atoms with E-state index in [1.54, 1.807) is 0 Å². The van der Waals surface area contributed by atoms with Crippen molar-refractivity contribution in [2.24, 2.45) is 5.92 Å². The third-order valence-corrected chi connectivity index (χ3v) is 4.82. The number of imidazole rings is 1. The molecule has 0 atom stereocenters. The molecule has 0 saturated carbocycles. The first kappa shape index (κ1) is 17.0. The van der Waals surface area contributed by atoms with E-state index in [1.165, 1.54) is 12.8 Å². The van der Waals surface area contributed by atoms with Crippen molar-refractivity contribution in [3.05, 3.63) is 24.0 Å². The van der Waals surface area contributed by atoms with E-state index in [1.807, 2.05) is 18.2 Å². The van der Waals surface area contributed by atoms with Crippen molar-refractivity contribution in [3.8, 4) is 0 Å². The molecular weight excluding hydrogens is 300 g/mol. The molecule has 1 amide bonds. The number of nitrogens with one attached hydrogen (secondary N) is 3. The van der Waals surface area contributed by atoms with E-state index >= 15 is 0 Å². The van der Waals surface area contributed by atoms with E-state index in [0.717, 1.165) is 61.3 Å². The number of H-pyrrole nitrogens is 1. The van der Waals surface area contributed by atoms with Gasteiger partial charge < -0.3 is 15.6 Å². The number of hydrogen-bond acceptors (Lipinski definition) is 3. The van der Waals surface area contributed by atoms with E-state index in [2.05, 4.69) is 27.5 Å². The van der Waals surface area contributed by atoms with Crippen molar-refractivity contribution >= 4 is 22.6 Å². The summed E-state index contributed by atoms with van der Waals surface area (Å²) >= 11 is 0. The van der Waals surface area contributed by atoms with Crippen LogP contribution in [0, 0.1) is 5.92 Å². The van der Waals surface area contributed by atoms with Gasteiger partial charge in [-0.15, -0.1) is 0 Å². The smallest absolute Gasteiger partial charge is 0.224 e. The van der Waals surface area contributed by atoms with Crippen LogP contribution in [-0.2, 0) is 11.2 Å². The fourth-order valence-electron chi connectivity index (χ4n) is 3.33. The van der Waals surface area contributed by atoms with Gasteiger partial charge in [-0.25, -0.2) is 4.98 Å². The highest BCUT2D eigenvalue weighted by molar-refractivity contribution is 5.93. The van der Waals surface area contributed by atoms with Gasteiger partial charge in [0.15, 0.2) is 0 Å². The monoisotopic (exact) mass is 328 g/mol. The minimum Gasteiger partial charge on any atom is -0.342 e. The molecule has 24 heavy (non-hydrogen) atoms. The predicted octanol–water partition coefficient (Wildman–Crippen LogP) is 3.62. The standard InChI is InChI=1S/C19H28N4O/c1-2-3-4-18-22-16-7-6-15(13-17(16)23-18)21-19(24)8-5-14-9-11-20-12-10-14/h6-7,13-14,20H,2-5,8-12H2,1H3,(H,21,24)(H,22,23). The molecule has 0 radical (unpaired) electrons. The number of hydrogen-bond donors (Lipinski definition) is 3. The molecule has 1 saturated heterocycles. The van der Waals surface area contributed by atoms with Crippen LogP contribution in [0.5, 0.6) is 0 Å². The molecule has 5 heteroatoms. The second kappa shape index (κ2) is 8.29. The average Bonchev–Trinajstić information content (AvgIpc) is 3.01. The van der Waals surface area contributed by atoms with Gasteiger partial charge in [-0.05, 0) is 62.9 Å². The van der Waals surface area contributed by atoms with E-state index in [0.29, 0.717) is 12.3 Å². The minimum atomic E-state index is 0.110. The molecule has 0 bridgehead atoms. The first-order valence-electron chi connectivity index (χ1n) is 9.24. The highest BCUT2D eigenvalue weighted by Gasteiger charge is 2.14. The summed E-state index contributed by atoms with van der Waals surface area (Å²) in [6.45, 7) is 4.35. The van der Waals surface area contributed by atoms with Crippen molar-refractivity contribution in [2.45, 2.75) is 51.9 Å². The molecule has 0 spiro atoms. The fourth-order valence-corrected chi connectivity index (χ4v) is 3.33. The zero-order chi connectivity index (χ0) is 16.8. The maximum atomic E-state index is 12.2. The van der Waals surface area contributed by atoms with Gasteiger partial charge in [0.25, 0.3) is 0 Å². The third kappa shape index (κ3) is 4.57. The van der Waals surface area contributed by atoms with Crippen LogP contribution in [0.25, 0.3) is 11.0 Å². The Morgan fingerprint density at radius 1 is 1.33 bits per heavy atom. The van der Waals surface area contributed by atoms with E-state index in [-0.39, 0.29) is 5.91 Å². The molecule has 3 rings (SSSR count). The van der Waals surface area contributed by atoms with Crippen LogP contribution in [-0.4, -0.2) is 29.0 Å². The number of carbonyl (C=O) groups excluding carboxylic acids is 1. The fraction of sp³-hybridized carbons (Fsp3) is 0.579. The van der Waals surface area contributed by atoms with Crippen molar-refractivity contribution in [2.75, 3.05) is 18.4 Å². The number of amides is 1. The SMILES string of the molecule is CCCCc1nc2ccc(NC(=O)CCC3CCNCC3)cc2[nH]1. The number of aromatic amines is 1. The summed E-state index contributed by atoms with van der Waals surface area (Å²) in [7, 11) is 0. The van der Waals surface area contributed by atoms with Crippen molar-refractivity contribution in [1.82, 2.24) is 15.3 Å². The molecule has 1 aromatic carbocycles. The van der Waals surface area contributed by atoms with Crippen molar-refractivity contribution < 1.29 is 4.79 Å². The van der Waals surface area contributed by atoms with Crippen LogP contribution in [0.15, 0.2) is 18.2 Å². The molecule has 5 nitrogen and oxygen atoms in total. The normalized spacial score (nSPS) is 15.7. The Bertz CT molecular complexity index is 673. The Morgan fingerprint density at radius 3 is 2.96 bits per heavy atom. The molecule has 2 heterocycles. The van der Waals surface area contributed by atoms with Gasteiger partial charge >= 0.3 is 0 Å². The lowest BCUT2D eigenvalue weighted by atomic mass is 9.93. The number of fused-ring (bicyclic) bond motifs is 1. The van der Waals surface area contributed by atoms with Gasteiger partial charge in [0.2, 0.25) is 5.91 Å². The third-order valence-electron chi connectivity index (χ3n) is 4.82. The van der Waals surface area contributed by atoms with Crippen LogP contribution in [0.4, 0.5) is 5.69 Å². The maximum absolute atomic E-state index is 12.2. The summed E-state index contributed by atoms with van der Waals surface area (Å²) in [5, 5.41) is 6.39. The van der Waals surface area contributed by atoms with E-state index in [9.17, 15) is 4.79 Å². The molecule has 1 aromatic heterocycles. The second-order valence-corrected chi connectivity index (χ2v) is 6.80. The molecule has 130 valence electrons. The number of benzene rings is 1. The summed E-state index contributed by atoms with van der Waals surface area (Å²) < 4.78 is 0. The van der Waals surface area contributed by atoms with Crippen LogP contribution < -0.4 is 10.6 Å². The Hall–Kier alpha value is -1.88. The molecule has 3 N–H and O–H groups in total. The van der Waals surface area contributed by atoms with Crippen LogP contribution >= 0.6 is 0 Å². The molecular formula is C19H28N4O. The summed E-state index contributed by atoms with van der Waals surface area (Å²) in [5.74, 6) is 1.83. The van der Waals surface area contributed by atoms with Crippen LogP contribution in [0.2, 0.25) is 0 Å². The molecule has 1 aliphatic rings. The van der Waals surface area contributed by atoms with Gasteiger partial charge in [0.1, 0.15) is 5.82 Å². The molecule has 0 aliphatic carbocycles. The number of anilines is 1. The molecule has 0 unspecified atom stereocenters. The first-order chi connectivity index (χ1) is 11.7. The largest absolute Gasteiger partial charge is 0.342 e. The first-order valence-corrected chi connectivity index (χ1v) is 9.24. The number of unbranched alkanes of at least 4 members (excludes halogenated alkanes) is 1. The predicted molar refractivity (Wildman–Crippen MR) is 98.2 cm³/mol. The number of aromatic nitrogens is 2. The van der Waals surface area contributed by atoms with Crippen molar-refractivity contribution in [1.29, 1.82) is 0 Å². The summed E-state index contributed by atoms with van der Waals surface area (Å²) in [6, 6.07) is 5.90. The molecule has 2 aromatic rings. The van der Waals surface area contributed by atoms with E-state index < -0.39 is 0 Å². The number of aryl methyl sites for hydroxylation is 1. The van der Waals surface area contributed by atoms with Crippen molar-refractivity contribution in [3.63, 3.8) is 0 Å². The Kier molecular flexibility index (Phi) is 5.86. The quantitative estimate of drug-likeness (QED) is 0.727. The van der Waals surface area contributed by atoms with Gasteiger partial charge in [0.05, 0.1) is 11.0 Å². The highest BCUT2D eigenvalue weighted by Crippen LogP contribution is 2.20. The lowest BCUT2D eigenvalue weighted by Gasteiger charge is -2.22. The zero-order valence-corrected chi connectivity index (χ0v) is 14.5. The highest BCUT2D eigenvalue weighted by atomic mass is 16.1. The molecule has 1 aliphatic heterocycles. The van der Waals surface area contributed by atoms with Crippen LogP contribution in [0.3, 0.4) is 0 Å². The van der Waals surface area contributed by atoms with Gasteiger partial charge in [-0.3, -0.25) is 4.79 Å². The second-order valence-electron chi connectivity index (χ2n) is 6.80. The minimum absolute atomic E-state index is 0.110. The maximum Gasteiger partial charge on any atom is 0.224 e. The summed E-state index contributed by atoms with van der Waals surface area (Å²) in [4.78, 5) is 20.1. The van der Waals surface area contributed by atoms with Gasteiger partial charge in [-0.2, -0.15) is 0 Å². The zero-order valence-electron chi connectivity index (χ0n) is 14.5. The number of piperidine rings is 1. The Morgan fingerprint density at radius 2 is 2.17 bits per heavy atom. The molecule has 1 fully saturated rings. The number of nitrogens with zero attached hydrogens (tertiary/aromatic N) is 1. The van der Waals surface area contributed by atoms with E-state index in [4.69, 9.17) is 0 Å². The number of rotatable bonds is 7. The van der Waals surface area contributed by atoms with Crippen LogP contribution in [0.1, 0.15) is 51.3 Å².